The van der Waals surface area contributed by atoms with E-state index in [4.69, 9.17) is 0 Å². The number of likely N-dealkylation sites (N-methyl/N-ethyl adjacent to an activating group) is 1. The molecule has 19 heavy (non-hydrogen) atoms. The maximum Gasteiger partial charge on any atom is 0.239 e. The van der Waals surface area contributed by atoms with Crippen LogP contribution in [0, 0.1) is 0 Å². The molecule has 100 valence electrons. The van der Waals surface area contributed by atoms with E-state index in [9.17, 15) is 4.79 Å². The lowest BCUT2D eigenvalue weighted by atomic mass is 10.1. The standard InChI is InChI=1S/C14H18N4O/c1-18(14(19)12-3-2-6-15-12)8-10-4-5-11-13(7-10)17-9-16-11/h4-5,7,9,12,15H,2-3,6,8H2,1H3,(H,16,17). The van der Waals surface area contributed by atoms with Gasteiger partial charge in [-0.3, -0.25) is 4.79 Å². The van der Waals surface area contributed by atoms with Gasteiger partial charge in [0.25, 0.3) is 0 Å². The second kappa shape index (κ2) is 5.01. The van der Waals surface area contributed by atoms with E-state index >= 15 is 0 Å². The zero-order valence-electron chi connectivity index (χ0n) is 11.0. The van der Waals surface area contributed by atoms with Gasteiger partial charge in [0.15, 0.2) is 0 Å². The van der Waals surface area contributed by atoms with Crippen molar-refractivity contribution in [3.8, 4) is 0 Å². The Labute approximate surface area is 112 Å². The third-order valence-corrected chi connectivity index (χ3v) is 3.64. The summed E-state index contributed by atoms with van der Waals surface area (Å²) < 4.78 is 0. The highest BCUT2D eigenvalue weighted by Crippen LogP contribution is 2.14. The predicted molar refractivity (Wildman–Crippen MR) is 73.6 cm³/mol. The summed E-state index contributed by atoms with van der Waals surface area (Å²) in [6.07, 6.45) is 3.72. The summed E-state index contributed by atoms with van der Waals surface area (Å²) in [7, 11) is 1.86. The fourth-order valence-electron chi connectivity index (χ4n) is 2.59. The average molecular weight is 258 g/mol. The maximum absolute atomic E-state index is 12.2. The van der Waals surface area contributed by atoms with Gasteiger partial charge in [-0.2, -0.15) is 0 Å². The van der Waals surface area contributed by atoms with Crippen molar-refractivity contribution in [3.05, 3.63) is 30.1 Å². The minimum absolute atomic E-state index is 0.000820. The molecule has 1 amide bonds. The van der Waals surface area contributed by atoms with Gasteiger partial charge in [0.2, 0.25) is 5.91 Å². The normalized spacial score (nSPS) is 18.9. The Kier molecular flexibility index (Phi) is 3.21. The highest BCUT2D eigenvalue weighted by Gasteiger charge is 2.24. The molecule has 0 aliphatic carbocycles. The molecule has 0 bridgehead atoms. The molecule has 2 aromatic rings. The average Bonchev–Trinajstić information content (AvgIpc) is 3.08. The summed E-state index contributed by atoms with van der Waals surface area (Å²) in [5.41, 5.74) is 3.08. The van der Waals surface area contributed by atoms with Crippen LogP contribution in [0.4, 0.5) is 0 Å². The van der Waals surface area contributed by atoms with Crippen LogP contribution in [0.25, 0.3) is 11.0 Å². The number of amides is 1. The molecule has 2 heterocycles. The monoisotopic (exact) mass is 258 g/mol. The van der Waals surface area contributed by atoms with Crippen molar-refractivity contribution in [2.75, 3.05) is 13.6 Å². The third kappa shape index (κ3) is 2.46. The Bertz CT molecular complexity index is 586. The summed E-state index contributed by atoms with van der Waals surface area (Å²) in [6, 6.07) is 6.05. The van der Waals surface area contributed by atoms with Crippen LogP contribution in [0.1, 0.15) is 18.4 Å². The number of rotatable bonds is 3. The summed E-state index contributed by atoms with van der Waals surface area (Å²) in [4.78, 5) is 21.3. The van der Waals surface area contributed by atoms with Gasteiger partial charge in [-0.15, -0.1) is 0 Å². The number of aromatic nitrogens is 2. The minimum atomic E-state index is 0.000820. The molecule has 1 unspecified atom stereocenters. The van der Waals surface area contributed by atoms with Gasteiger partial charge >= 0.3 is 0 Å². The van der Waals surface area contributed by atoms with E-state index in [0.29, 0.717) is 6.54 Å². The van der Waals surface area contributed by atoms with Gasteiger partial charge in [-0.05, 0) is 37.1 Å². The van der Waals surface area contributed by atoms with E-state index in [1.807, 2.05) is 25.2 Å². The lowest BCUT2D eigenvalue weighted by Crippen LogP contribution is -2.41. The number of nitrogens with zero attached hydrogens (tertiary/aromatic N) is 2. The second-order valence-corrected chi connectivity index (χ2v) is 5.10. The molecule has 0 saturated carbocycles. The fourth-order valence-corrected chi connectivity index (χ4v) is 2.59. The molecule has 1 aliphatic heterocycles. The number of nitrogens with one attached hydrogen (secondary N) is 2. The predicted octanol–water partition coefficient (Wildman–Crippen LogP) is 1.27. The smallest absolute Gasteiger partial charge is 0.239 e. The van der Waals surface area contributed by atoms with Crippen LogP contribution in [-0.4, -0.2) is 40.4 Å². The van der Waals surface area contributed by atoms with Crippen LogP contribution >= 0.6 is 0 Å². The molecule has 1 atom stereocenters. The van der Waals surface area contributed by atoms with Crippen molar-refractivity contribution in [1.82, 2.24) is 20.2 Å². The zero-order valence-corrected chi connectivity index (χ0v) is 11.0. The minimum Gasteiger partial charge on any atom is -0.345 e. The molecule has 5 nitrogen and oxygen atoms in total. The lowest BCUT2D eigenvalue weighted by Gasteiger charge is -2.21. The topological polar surface area (TPSA) is 61.0 Å². The number of fused-ring (bicyclic) bond motifs is 1. The lowest BCUT2D eigenvalue weighted by molar-refractivity contribution is -0.132. The first-order valence-electron chi connectivity index (χ1n) is 6.64. The quantitative estimate of drug-likeness (QED) is 0.871. The fraction of sp³-hybridized carbons (Fsp3) is 0.429. The molecule has 1 aromatic heterocycles. The zero-order chi connectivity index (χ0) is 13.2. The van der Waals surface area contributed by atoms with Crippen molar-refractivity contribution in [3.63, 3.8) is 0 Å². The van der Waals surface area contributed by atoms with Gasteiger partial charge in [0, 0.05) is 13.6 Å². The highest BCUT2D eigenvalue weighted by molar-refractivity contribution is 5.82. The van der Waals surface area contributed by atoms with Gasteiger partial charge in [-0.25, -0.2) is 4.98 Å². The summed E-state index contributed by atoms with van der Waals surface area (Å²) in [5.74, 6) is 0.183. The van der Waals surface area contributed by atoms with Crippen LogP contribution < -0.4 is 5.32 Å². The van der Waals surface area contributed by atoms with Crippen molar-refractivity contribution >= 4 is 16.9 Å². The Hall–Kier alpha value is -1.88. The number of carbonyl (C=O) groups is 1. The van der Waals surface area contributed by atoms with Crippen LogP contribution in [0.2, 0.25) is 0 Å². The molecule has 1 saturated heterocycles. The van der Waals surface area contributed by atoms with Crippen LogP contribution in [0.3, 0.4) is 0 Å². The van der Waals surface area contributed by atoms with Crippen LogP contribution in [0.5, 0.6) is 0 Å². The molecule has 0 radical (unpaired) electrons. The Balaban J connectivity index is 1.70. The Morgan fingerprint density at radius 1 is 1.53 bits per heavy atom. The number of benzene rings is 1. The first-order chi connectivity index (χ1) is 9.24. The van der Waals surface area contributed by atoms with Crippen molar-refractivity contribution in [1.29, 1.82) is 0 Å². The number of imidazole rings is 1. The largest absolute Gasteiger partial charge is 0.345 e. The molecule has 0 spiro atoms. The highest BCUT2D eigenvalue weighted by atomic mass is 16.2. The molecule has 2 N–H and O–H groups in total. The van der Waals surface area contributed by atoms with Gasteiger partial charge in [0.05, 0.1) is 23.4 Å². The first-order valence-corrected chi connectivity index (χ1v) is 6.64. The van der Waals surface area contributed by atoms with E-state index < -0.39 is 0 Å². The number of aromatic amines is 1. The molecule has 1 fully saturated rings. The van der Waals surface area contributed by atoms with Crippen LogP contribution in [0.15, 0.2) is 24.5 Å². The summed E-state index contributed by atoms with van der Waals surface area (Å²) >= 11 is 0. The second-order valence-electron chi connectivity index (χ2n) is 5.10. The number of hydrogen-bond acceptors (Lipinski definition) is 3. The number of carbonyl (C=O) groups excluding carboxylic acids is 1. The van der Waals surface area contributed by atoms with Crippen LogP contribution in [-0.2, 0) is 11.3 Å². The first kappa shape index (κ1) is 12.2. The molecular formula is C14H18N4O. The Morgan fingerprint density at radius 3 is 3.21 bits per heavy atom. The molecule has 5 heteroatoms. The molecular weight excluding hydrogens is 240 g/mol. The molecule has 3 rings (SSSR count). The van der Waals surface area contributed by atoms with E-state index in [-0.39, 0.29) is 11.9 Å². The Morgan fingerprint density at radius 2 is 2.42 bits per heavy atom. The van der Waals surface area contributed by atoms with E-state index in [2.05, 4.69) is 15.3 Å². The van der Waals surface area contributed by atoms with Crippen molar-refractivity contribution in [2.24, 2.45) is 0 Å². The van der Waals surface area contributed by atoms with Gasteiger partial charge in [-0.1, -0.05) is 6.07 Å². The van der Waals surface area contributed by atoms with Crippen molar-refractivity contribution < 1.29 is 4.79 Å². The summed E-state index contributed by atoms with van der Waals surface area (Å²) in [5, 5.41) is 3.24. The molecule has 1 aromatic carbocycles. The van der Waals surface area contributed by atoms with Crippen molar-refractivity contribution in [2.45, 2.75) is 25.4 Å². The maximum atomic E-state index is 12.2. The number of H-pyrrole nitrogens is 1. The SMILES string of the molecule is CN(Cc1ccc2nc[nH]c2c1)C(=O)C1CCCN1. The van der Waals surface area contributed by atoms with Gasteiger partial charge < -0.3 is 15.2 Å². The number of hydrogen-bond donors (Lipinski definition) is 2. The third-order valence-electron chi connectivity index (χ3n) is 3.64. The van der Waals surface area contributed by atoms with E-state index in [0.717, 1.165) is 36.0 Å². The van der Waals surface area contributed by atoms with E-state index in [1.165, 1.54) is 0 Å². The molecule has 1 aliphatic rings. The summed E-state index contributed by atoms with van der Waals surface area (Å²) in [6.45, 7) is 1.58. The van der Waals surface area contributed by atoms with Gasteiger partial charge in [0.1, 0.15) is 0 Å². The van der Waals surface area contributed by atoms with E-state index in [1.54, 1.807) is 11.2 Å².